The van der Waals surface area contributed by atoms with Crippen molar-refractivity contribution in [2.24, 2.45) is 0 Å². The maximum absolute atomic E-state index is 5.93. The predicted octanol–water partition coefficient (Wildman–Crippen LogP) is 5.09. The Morgan fingerprint density at radius 2 is 1.92 bits per heavy atom. The summed E-state index contributed by atoms with van der Waals surface area (Å²) in [5.41, 5.74) is 1.83. The summed E-state index contributed by atoms with van der Waals surface area (Å²) >= 11 is 7.61. The molecule has 0 unspecified atom stereocenters. The second-order valence-corrected chi connectivity index (χ2v) is 8.07. The van der Waals surface area contributed by atoms with E-state index in [0.717, 1.165) is 22.2 Å². The van der Waals surface area contributed by atoms with Gasteiger partial charge in [0.1, 0.15) is 17.3 Å². The van der Waals surface area contributed by atoms with Crippen LogP contribution in [0.3, 0.4) is 0 Å². The van der Waals surface area contributed by atoms with Crippen molar-refractivity contribution in [1.29, 1.82) is 0 Å². The van der Waals surface area contributed by atoms with E-state index in [1.165, 1.54) is 31.5 Å². The molecule has 0 spiro atoms. The average molecular weight is 373 g/mol. The quantitative estimate of drug-likeness (QED) is 0.564. The smallest absolute Gasteiger partial charge is 0.191 e. The van der Waals surface area contributed by atoms with Gasteiger partial charge in [0.25, 0.3) is 0 Å². The normalized spacial score (nSPS) is 17.2. The van der Waals surface area contributed by atoms with Gasteiger partial charge in [-0.15, -0.1) is 10.2 Å². The first-order valence-corrected chi connectivity index (χ1v) is 9.93. The zero-order chi connectivity index (χ0) is 16.8. The maximum Gasteiger partial charge on any atom is 0.191 e. The Bertz CT molecular complexity index is 896. The van der Waals surface area contributed by atoms with Gasteiger partial charge in [0.05, 0.1) is 5.75 Å². The van der Waals surface area contributed by atoms with Crippen molar-refractivity contribution in [3.63, 3.8) is 0 Å². The van der Waals surface area contributed by atoms with Crippen molar-refractivity contribution in [3.05, 3.63) is 46.9 Å². The summed E-state index contributed by atoms with van der Waals surface area (Å²) in [6.45, 7) is 0. The Morgan fingerprint density at radius 3 is 2.64 bits per heavy atom. The molecule has 0 aliphatic heterocycles. The topological polar surface area (TPSA) is 56.7 Å². The zero-order valence-electron chi connectivity index (χ0n) is 13.6. The van der Waals surface area contributed by atoms with Gasteiger partial charge in [-0.3, -0.25) is 0 Å². The Morgan fingerprint density at radius 1 is 1.12 bits per heavy atom. The summed E-state index contributed by atoms with van der Waals surface area (Å²) in [4.78, 5) is 0. The van der Waals surface area contributed by atoms with E-state index in [0.29, 0.717) is 22.7 Å². The van der Waals surface area contributed by atoms with Gasteiger partial charge in [-0.25, -0.2) is 0 Å². The monoisotopic (exact) mass is 372 g/mol. The first-order chi connectivity index (χ1) is 12.3. The molecule has 2 aliphatic rings. The van der Waals surface area contributed by atoms with E-state index in [1.54, 1.807) is 11.8 Å². The van der Waals surface area contributed by atoms with Gasteiger partial charge in [0.2, 0.25) is 0 Å². The van der Waals surface area contributed by atoms with Crippen LogP contribution in [-0.2, 0) is 5.75 Å². The summed E-state index contributed by atoms with van der Waals surface area (Å²) in [7, 11) is 0. The maximum atomic E-state index is 5.93. The highest BCUT2D eigenvalue weighted by Crippen LogP contribution is 2.46. The molecule has 0 saturated heterocycles. The van der Waals surface area contributed by atoms with E-state index in [2.05, 4.69) is 19.9 Å². The minimum Gasteiger partial charge on any atom is -0.360 e. The highest BCUT2D eigenvalue weighted by Gasteiger charge is 2.36. The molecule has 7 heteroatoms. The molecule has 2 heterocycles. The summed E-state index contributed by atoms with van der Waals surface area (Å²) < 4.78 is 7.85. The standard InChI is InChI=1S/C18H17ClN4OS/c19-13-5-3-11(4-6-13)16-9-15(24-22-16)10-25-18-21-20-17(12-1-2-12)23(18)14-7-8-14/h3-6,9,12,14H,1-2,7-8,10H2. The molecule has 0 radical (unpaired) electrons. The van der Waals surface area contributed by atoms with Crippen LogP contribution in [0.1, 0.15) is 49.2 Å². The fourth-order valence-corrected chi connectivity index (χ4v) is 3.97. The first kappa shape index (κ1) is 15.5. The number of benzene rings is 1. The summed E-state index contributed by atoms with van der Waals surface area (Å²) in [6, 6.07) is 10.2. The van der Waals surface area contributed by atoms with E-state index >= 15 is 0 Å². The van der Waals surface area contributed by atoms with Crippen molar-refractivity contribution in [1.82, 2.24) is 19.9 Å². The largest absolute Gasteiger partial charge is 0.360 e. The molecule has 5 nitrogen and oxygen atoms in total. The van der Waals surface area contributed by atoms with Gasteiger partial charge in [-0.2, -0.15) is 0 Å². The molecule has 2 aliphatic carbocycles. The van der Waals surface area contributed by atoms with Gasteiger partial charge in [0, 0.05) is 28.6 Å². The van der Waals surface area contributed by atoms with Gasteiger partial charge in [0.15, 0.2) is 5.16 Å². The molecule has 128 valence electrons. The fourth-order valence-electron chi connectivity index (χ4n) is 2.96. The first-order valence-electron chi connectivity index (χ1n) is 8.57. The number of nitrogens with zero attached hydrogens (tertiary/aromatic N) is 4. The van der Waals surface area contributed by atoms with Crippen molar-refractivity contribution in [2.75, 3.05) is 0 Å². The van der Waals surface area contributed by atoms with Gasteiger partial charge >= 0.3 is 0 Å². The molecule has 0 amide bonds. The Balaban J connectivity index is 1.31. The van der Waals surface area contributed by atoms with E-state index < -0.39 is 0 Å². The molecule has 1 aromatic carbocycles. The lowest BCUT2D eigenvalue weighted by Crippen LogP contribution is -2.01. The van der Waals surface area contributed by atoms with Gasteiger partial charge < -0.3 is 9.09 Å². The third-order valence-corrected chi connectivity index (χ3v) is 5.81. The zero-order valence-corrected chi connectivity index (χ0v) is 15.1. The van der Waals surface area contributed by atoms with Crippen LogP contribution in [0, 0.1) is 0 Å². The van der Waals surface area contributed by atoms with Gasteiger partial charge in [-0.05, 0) is 37.8 Å². The van der Waals surface area contributed by atoms with Crippen LogP contribution in [0.25, 0.3) is 11.3 Å². The molecule has 0 bridgehead atoms. The lowest BCUT2D eigenvalue weighted by molar-refractivity contribution is 0.397. The molecule has 25 heavy (non-hydrogen) atoms. The predicted molar refractivity (Wildman–Crippen MR) is 96.8 cm³/mol. The van der Waals surface area contributed by atoms with Crippen LogP contribution >= 0.6 is 23.4 Å². The molecular weight excluding hydrogens is 356 g/mol. The number of hydrogen-bond acceptors (Lipinski definition) is 5. The van der Waals surface area contributed by atoms with Crippen molar-refractivity contribution < 1.29 is 4.52 Å². The number of thioether (sulfide) groups is 1. The summed E-state index contributed by atoms with van der Waals surface area (Å²) in [6.07, 6.45) is 4.99. The third-order valence-electron chi connectivity index (χ3n) is 4.59. The second-order valence-electron chi connectivity index (χ2n) is 6.69. The van der Waals surface area contributed by atoms with Gasteiger partial charge in [-0.1, -0.05) is 40.7 Å². The van der Waals surface area contributed by atoms with E-state index in [-0.39, 0.29) is 0 Å². The lowest BCUT2D eigenvalue weighted by atomic mass is 10.1. The summed E-state index contributed by atoms with van der Waals surface area (Å²) in [5.74, 6) is 3.36. The van der Waals surface area contributed by atoms with Crippen LogP contribution < -0.4 is 0 Å². The summed E-state index contributed by atoms with van der Waals surface area (Å²) in [5, 5.41) is 14.8. The molecule has 0 N–H and O–H groups in total. The van der Waals surface area contributed by atoms with E-state index in [1.807, 2.05) is 30.3 Å². The molecular formula is C18H17ClN4OS. The minimum absolute atomic E-state index is 0.604. The fraction of sp³-hybridized carbons (Fsp3) is 0.389. The molecule has 2 fully saturated rings. The van der Waals surface area contributed by atoms with Crippen LogP contribution in [0.5, 0.6) is 0 Å². The van der Waals surface area contributed by atoms with Crippen LogP contribution in [0.2, 0.25) is 5.02 Å². The number of aromatic nitrogens is 4. The van der Waals surface area contributed by atoms with Crippen molar-refractivity contribution in [3.8, 4) is 11.3 Å². The minimum atomic E-state index is 0.604. The molecule has 5 rings (SSSR count). The molecule has 2 aromatic heterocycles. The second kappa shape index (κ2) is 6.18. The van der Waals surface area contributed by atoms with Crippen LogP contribution in [0.15, 0.2) is 40.0 Å². The van der Waals surface area contributed by atoms with E-state index in [4.69, 9.17) is 16.1 Å². The molecule has 0 atom stereocenters. The van der Waals surface area contributed by atoms with Crippen LogP contribution in [-0.4, -0.2) is 19.9 Å². The number of halogens is 1. The van der Waals surface area contributed by atoms with Crippen molar-refractivity contribution in [2.45, 2.75) is 48.6 Å². The molecule has 3 aromatic rings. The number of rotatable bonds is 6. The average Bonchev–Trinajstić information content (AvgIpc) is 3.55. The molecule has 2 saturated carbocycles. The Hall–Kier alpha value is -1.79. The highest BCUT2D eigenvalue weighted by molar-refractivity contribution is 7.98. The Kier molecular flexibility index (Phi) is 3.82. The number of hydrogen-bond donors (Lipinski definition) is 0. The SMILES string of the molecule is Clc1ccc(-c2cc(CSc3nnc(C4CC4)n3C3CC3)on2)cc1. The van der Waals surface area contributed by atoms with Crippen LogP contribution in [0.4, 0.5) is 0 Å². The van der Waals surface area contributed by atoms with Crippen molar-refractivity contribution >= 4 is 23.4 Å². The Labute approximate surface area is 154 Å². The van der Waals surface area contributed by atoms with E-state index in [9.17, 15) is 0 Å². The highest BCUT2D eigenvalue weighted by atomic mass is 35.5. The third kappa shape index (κ3) is 3.20. The lowest BCUT2D eigenvalue weighted by Gasteiger charge is -2.06.